The third-order valence-electron chi connectivity index (χ3n) is 1.49. The molecule has 13 heavy (non-hydrogen) atoms. The van der Waals surface area contributed by atoms with Crippen molar-refractivity contribution in [1.82, 2.24) is 30.2 Å². The van der Waals surface area contributed by atoms with Crippen LogP contribution in [0.2, 0.25) is 0 Å². The fourth-order valence-corrected chi connectivity index (χ4v) is 0.902. The van der Waals surface area contributed by atoms with E-state index in [0.717, 1.165) is 0 Å². The van der Waals surface area contributed by atoms with Crippen LogP contribution in [0.15, 0.2) is 6.20 Å². The molecular weight excluding hydrogens is 172 g/mol. The Kier molecular flexibility index (Phi) is 1.78. The van der Waals surface area contributed by atoms with Gasteiger partial charge in [0.15, 0.2) is 0 Å². The third-order valence-corrected chi connectivity index (χ3v) is 1.49. The van der Waals surface area contributed by atoms with Gasteiger partial charge in [0.05, 0.1) is 12.8 Å². The molecule has 0 aromatic carbocycles. The predicted molar refractivity (Wildman–Crippen MR) is 42.0 cm³/mol. The molecule has 7 heteroatoms. The summed E-state index contributed by atoms with van der Waals surface area (Å²) in [5.41, 5.74) is 0.488. The highest BCUT2D eigenvalue weighted by molar-refractivity contribution is 5.08. The number of nitrogens with one attached hydrogen (secondary N) is 1. The van der Waals surface area contributed by atoms with Gasteiger partial charge in [-0.05, 0) is 6.92 Å². The topological polar surface area (TPSA) is 92.5 Å². The highest BCUT2D eigenvalue weighted by Gasteiger charge is 2.05. The first kappa shape index (κ1) is 7.87. The molecule has 0 aliphatic heterocycles. The molecule has 0 saturated heterocycles. The van der Waals surface area contributed by atoms with Gasteiger partial charge in [-0.1, -0.05) is 5.21 Å². The summed E-state index contributed by atoms with van der Waals surface area (Å²) < 4.78 is 1.40. The molecule has 68 valence electrons. The number of H-pyrrole nitrogens is 1. The van der Waals surface area contributed by atoms with Gasteiger partial charge < -0.3 is 5.11 Å². The molecule has 0 radical (unpaired) electrons. The minimum atomic E-state index is -0.136. The number of aliphatic hydroxyl groups excluding tert-OH is 1. The number of aromatic amines is 1. The van der Waals surface area contributed by atoms with Crippen molar-refractivity contribution in [2.75, 3.05) is 0 Å². The largest absolute Gasteiger partial charge is 0.390 e. The van der Waals surface area contributed by atoms with Crippen LogP contribution in [0.5, 0.6) is 0 Å². The third kappa shape index (κ3) is 1.41. The van der Waals surface area contributed by atoms with Crippen LogP contribution in [-0.4, -0.2) is 35.3 Å². The molecular formula is C6H8N6O. The van der Waals surface area contributed by atoms with E-state index in [2.05, 4.69) is 25.5 Å². The summed E-state index contributed by atoms with van der Waals surface area (Å²) >= 11 is 0. The van der Waals surface area contributed by atoms with Crippen molar-refractivity contribution in [2.24, 2.45) is 0 Å². The van der Waals surface area contributed by atoms with Crippen LogP contribution in [0.3, 0.4) is 0 Å². The Labute approximate surface area is 73.4 Å². The average molecular weight is 180 g/mol. The van der Waals surface area contributed by atoms with Gasteiger partial charge in [-0.2, -0.15) is 9.67 Å². The van der Waals surface area contributed by atoms with Crippen LogP contribution in [0, 0.1) is 6.92 Å². The molecule has 0 aliphatic carbocycles. The van der Waals surface area contributed by atoms with E-state index in [9.17, 15) is 0 Å². The van der Waals surface area contributed by atoms with Crippen molar-refractivity contribution in [1.29, 1.82) is 0 Å². The molecule has 0 atom stereocenters. The maximum Gasteiger partial charge on any atom is 0.270 e. The van der Waals surface area contributed by atoms with E-state index < -0.39 is 0 Å². The van der Waals surface area contributed by atoms with Gasteiger partial charge in [0.2, 0.25) is 0 Å². The van der Waals surface area contributed by atoms with Gasteiger partial charge in [0.25, 0.3) is 5.95 Å². The summed E-state index contributed by atoms with van der Waals surface area (Å²) in [7, 11) is 0. The lowest BCUT2D eigenvalue weighted by Crippen LogP contribution is -1.97. The molecule has 2 rings (SSSR count). The van der Waals surface area contributed by atoms with Crippen molar-refractivity contribution in [3.63, 3.8) is 0 Å². The second-order valence-corrected chi connectivity index (χ2v) is 2.53. The Hall–Kier alpha value is -1.76. The van der Waals surface area contributed by atoms with E-state index in [1.165, 1.54) is 4.68 Å². The highest BCUT2D eigenvalue weighted by atomic mass is 16.3. The van der Waals surface area contributed by atoms with Crippen molar-refractivity contribution in [3.8, 4) is 5.95 Å². The minimum absolute atomic E-state index is 0.136. The predicted octanol–water partition coefficient (Wildman–Crippen LogP) is -0.814. The van der Waals surface area contributed by atoms with Gasteiger partial charge in [-0.15, -0.1) is 10.2 Å². The first-order valence-electron chi connectivity index (χ1n) is 3.71. The van der Waals surface area contributed by atoms with Crippen molar-refractivity contribution < 1.29 is 5.11 Å². The Morgan fingerprint density at radius 1 is 1.62 bits per heavy atom. The molecule has 2 aromatic heterocycles. The summed E-state index contributed by atoms with van der Waals surface area (Å²) in [5.74, 6) is 1.13. The molecule has 0 fully saturated rings. The van der Waals surface area contributed by atoms with Gasteiger partial charge >= 0.3 is 0 Å². The van der Waals surface area contributed by atoms with Crippen LogP contribution in [-0.2, 0) is 6.61 Å². The number of aryl methyl sites for hydroxylation is 1. The summed E-state index contributed by atoms with van der Waals surface area (Å²) in [6, 6.07) is 0. The van der Waals surface area contributed by atoms with Crippen molar-refractivity contribution >= 4 is 0 Å². The van der Waals surface area contributed by atoms with Crippen LogP contribution in [0.4, 0.5) is 0 Å². The number of hydrogen-bond acceptors (Lipinski definition) is 5. The zero-order valence-electron chi connectivity index (χ0n) is 6.97. The van der Waals surface area contributed by atoms with Crippen LogP contribution in [0.1, 0.15) is 11.5 Å². The summed E-state index contributed by atoms with van der Waals surface area (Å²) in [5, 5.41) is 22.7. The van der Waals surface area contributed by atoms with E-state index in [1.54, 1.807) is 13.1 Å². The average Bonchev–Trinajstić information content (AvgIpc) is 2.71. The number of rotatable bonds is 2. The first-order chi connectivity index (χ1) is 6.29. The number of aliphatic hydroxyl groups is 1. The van der Waals surface area contributed by atoms with Gasteiger partial charge in [-0.3, -0.25) is 5.10 Å². The maximum absolute atomic E-state index is 8.74. The molecule has 0 bridgehead atoms. The van der Waals surface area contributed by atoms with Crippen LogP contribution >= 0.6 is 0 Å². The molecule has 0 aliphatic rings. The second kappa shape index (κ2) is 2.94. The Bertz CT molecular complexity index is 405. The number of hydrogen-bond donors (Lipinski definition) is 2. The van der Waals surface area contributed by atoms with Gasteiger partial charge in [0.1, 0.15) is 11.5 Å². The molecule has 0 unspecified atom stereocenters. The normalized spacial score (nSPS) is 10.6. The van der Waals surface area contributed by atoms with E-state index in [1.807, 2.05) is 0 Å². The standard InChI is InChI=1S/C6H8N6O/c1-4-7-6(10-8-4)12-2-5(3-13)9-11-12/h2,13H,3H2,1H3,(H,7,8,10). The van der Waals surface area contributed by atoms with Gasteiger partial charge in [-0.25, -0.2) is 0 Å². The minimum Gasteiger partial charge on any atom is -0.390 e. The zero-order chi connectivity index (χ0) is 9.26. The molecule has 2 N–H and O–H groups in total. The monoisotopic (exact) mass is 180 g/mol. The lowest BCUT2D eigenvalue weighted by Gasteiger charge is -1.87. The molecule has 0 spiro atoms. The fraction of sp³-hybridized carbons (Fsp3) is 0.333. The molecule has 0 saturated carbocycles. The Morgan fingerprint density at radius 2 is 2.46 bits per heavy atom. The van der Waals surface area contributed by atoms with E-state index in [4.69, 9.17) is 5.11 Å². The quantitative estimate of drug-likeness (QED) is 0.630. The SMILES string of the molecule is Cc1nc(-n2cc(CO)nn2)n[nH]1. The van der Waals surface area contributed by atoms with Crippen molar-refractivity contribution in [2.45, 2.75) is 13.5 Å². The van der Waals surface area contributed by atoms with E-state index in [0.29, 0.717) is 17.5 Å². The highest BCUT2D eigenvalue weighted by Crippen LogP contribution is 1.99. The van der Waals surface area contributed by atoms with Gasteiger partial charge in [0, 0.05) is 0 Å². The number of nitrogens with zero attached hydrogens (tertiary/aromatic N) is 5. The van der Waals surface area contributed by atoms with Crippen LogP contribution < -0.4 is 0 Å². The molecule has 0 amide bonds. The lowest BCUT2D eigenvalue weighted by molar-refractivity contribution is 0.276. The molecule has 7 nitrogen and oxygen atoms in total. The lowest BCUT2D eigenvalue weighted by atomic mass is 10.5. The van der Waals surface area contributed by atoms with Crippen LogP contribution in [0.25, 0.3) is 5.95 Å². The van der Waals surface area contributed by atoms with E-state index >= 15 is 0 Å². The molecule has 2 heterocycles. The van der Waals surface area contributed by atoms with E-state index in [-0.39, 0.29) is 6.61 Å². The second-order valence-electron chi connectivity index (χ2n) is 2.53. The Balaban J connectivity index is 2.35. The first-order valence-corrected chi connectivity index (χ1v) is 3.71. The summed E-state index contributed by atoms with van der Waals surface area (Å²) in [6.07, 6.45) is 1.57. The number of aromatic nitrogens is 6. The smallest absolute Gasteiger partial charge is 0.270 e. The zero-order valence-corrected chi connectivity index (χ0v) is 6.97. The maximum atomic E-state index is 8.74. The fourth-order valence-electron chi connectivity index (χ4n) is 0.902. The Morgan fingerprint density at radius 3 is 3.00 bits per heavy atom. The summed E-state index contributed by atoms with van der Waals surface area (Å²) in [4.78, 5) is 4.04. The summed E-state index contributed by atoms with van der Waals surface area (Å²) in [6.45, 7) is 1.66. The van der Waals surface area contributed by atoms with Crippen molar-refractivity contribution in [3.05, 3.63) is 17.7 Å². The molecule has 2 aromatic rings.